The lowest BCUT2D eigenvalue weighted by molar-refractivity contribution is 0.136. The van der Waals surface area contributed by atoms with Crippen molar-refractivity contribution in [2.45, 2.75) is 32.1 Å². The monoisotopic (exact) mass is 451 g/mol. The number of ether oxygens (including phenoxy) is 1. The van der Waals surface area contributed by atoms with E-state index in [0.717, 1.165) is 38.2 Å². The van der Waals surface area contributed by atoms with Gasteiger partial charge in [-0.2, -0.15) is 0 Å². The van der Waals surface area contributed by atoms with Gasteiger partial charge in [0.1, 0.15) is 5.75 Å². The van der Waals surface area contributed by atoms with Gasteiger partial charge in [-0.1, -0.05) is 15.9 Å². The molecule has 2 amide bonds. The smallest absolute Gasteiger partial charge is 0.319 e. The maximum atomic E-state index is 12.2. The summed E-state index contributed by atoms with van der Waals surface area (Å²) in [6, 6.07) is 6.41. The van der Waals surface area contributed by atoms with Crippen molar-refractivity contribution in [3.8, 4) is 5.75 Å². The van der Waals surface area contributed by atoms with Crippen LogP contribution in [0.4, 0.5) is 4.79 Å². The molecule has 2 aliphatic rings. The summed E-state index contributed by atoms with van der Waals surface area (Å²) in [5.74, 6) is 2.29. The minimum atomic E-state index is 0.162. The second-order valence-electron chi connectivity index (χ2n) is 8.54. The van der Waals surface area contributed by atoms with Crippen molar-refractivity contribution in [1.29, 1.82) is 0 Å². The number of halogens is 1. The number of rotatable bonds is 6. The molecule has 5 nitrogen and oxygen atoms in total. The molecule has 156 valence electrons. The highest BCUT2D eigenvalue weighted by Crippen LogP contribution is 2.29. The molecule has 2 heterocycles. The van der Waals surface area contributed by atoms with E-state index in [-0.39, 0.29) is 6.03 Å². The summed E-state index contributed by atoms with van der Waals surface area (Å²) >= 11 is 3.69. The number of piperidine rings is 1. The van der Waals surface area contributed by atoms with Gasteiger partial charge in [-0.25, -0.2) is 4.79 Å². The topological polar surface area (TPSA) is 36.0 Å². The zero-order valence-electron chi connectivity index (χ0n) is 17.5. The molecule has 2 fully saturated rings. The van der Waals surface area contributed by atoms with Crippen molar-refractivity contribution in [2.24, 2.45) is 11.8 Å². The molecule has 2 atom stereocenters. The van der Waals surface area contributed by atoms with Crippen LogP contribution in [-0.4, -0.2) is 74.7 Å². The minimum absolute atomic E-state index is 0.162. The lowest BCUT2D eigenvalue weighted by atomic mass is 9.94. The third-order valence-corrected chi connectivity index (χ3v) is 6.93. The zero-order chi connectivity index (χ0) is 20.1. The van der Waals surface area contributed by atoms with Crippen LogP contribution in [0, 0.1) is 11.8 Å². The first-order valence-electron chi connectivity index (χ1n) is 10.5. The number of nitrogens with zero attached hydrogens (tertiary/aromatic N) is 3. The molecule has 3 rings (SSSR count). The van der Waals surface area contributed by atoms with Gasteiger partial charge in [0.2, 0.25) is 0 Å². The van der Waals surface area contributed by atoms with Crippen molar-refractivity contribution in [3.63, 3.8) is 0 Å². The van der Waals surface area contributed by atoms with Crippen LogP contribution in [0.5, 0.6) is 5.75 Å². The largest absolute Gasteiger partial charge is 0.497 e. The van der Waals surface area contributed by atoms with E-state index in [1.54, 1.807) is 12.0 Å². The van der Waals surface area contributed by atoms with E-state index in [1.807, 2.05) is 25.1 Å². The van der Waals surface area contributed by atoms with Crippen molar-refractivity contribution < 1.29 is 9.53 Å². The number of urea groups is 1. The van der Waals surface area contributed by atoms with Crippen LogP contribution in [0.15, 0.2) is 22.7 Å². The molecular formula is C22H34BrN3O2. The van der Waals surface area contributed by atoms with Gasteiger partial charge in [0, 0.05) is 38.2 Å². The predicted molar refractivity (Wildman–Crippen MR) is 117 cm³/mol. The van der Waals surface area contributed by atoms with Crippen LogP contribution in [0.25, 0.3) is 0 Å². The lowest BCUT2D eigenvalue weighted by Gasteiger charge is -2.35. The van der Waals surface area contributed by atoms with Gasteiger partial charge in [0.25, 0.3) is 0 Å². The van der Waals surface area contributed by atoms with Crippen LogP contribution in [0.1, 0.15) is 31.2 Å². The predicted octanol–water partition coefficient (Wildman–Crippen LogP) is 4.11. The molecule has 2 saturated heterocycles. The fraction of sp³-hybridized carbons (Fsp3) is 0.682. The molecule has 0 aromatic heterocycles. The van der Waals surface area contributed by atoms with Crippen molar-refractivity contribution in [2.75, 3.05) is 53.9 Å². The fourth-order valence-electron chi connectivity index (χ4n) is 4.55. The number of amides is 2. The van der Waals surface area contributed by atoms with Crippen LogP contribution < -0.4 is 4.74 Å². The molecule has 0 bridgehead atoms. The highest BCUT2D eigenvalue weighted by molar-refractivity contribution is 9.10. The van der Waals surface area contributed by atoms with Crippen LogP contribution in [-0.2, 0) is 6.42 Å². The van der Waals surface area contributed by atoms with E-state index in [4.69, 9.17) is 4.74 Å². The second-order valence-corrected chi connectivity index (χ2v) is 9.39. The normalized spacial score (nSPS) is 23.1. The molecular weight excluding hydrogens is 418 g/mol. The summed E-state index contributed by atoms with van der Waals surface area (Å²) in [6.07, 6.45) is 5.96. The summed E-state index contributed by atoms with van der Waals surface area (Å²) in [4.78, 5) is 18.6. The van der Waals surface area contributed by atoms with E-state index in [0.29, 0.717) is 11.8 Å². The average Bonchev–Trinajstić information content (AvgIpc) is 3.15. The van der Waals surface area contributed by atoms with Crippen molar-refractivity contribution >= 4 is 22.0 Å². The Morgan fingerprint density at radius 1 is 1.21 bits per heavy atom. The molecule has 0 radical (unpaired) electrons. The Bertz CT molecular complexity index is 667. The van der Waals surface area contributed by atoms with Gasteiger partial charge < -0.3 is 19.4 Å². The summed E-state index contributed by atoms with van der Waals surface area (Å²) in [5, 5.41) is 0. The maximum Gasteiger partial charge on any atom is 0.319 e. The highest BCUT2D eigenvalue weighted by atomic mass is 79.9. The van der Waals surface area contributed by atoms with E-state index < -0.39 is 0 Å². The molecule has 0 N–H and O–H groups in total. The Hall–Kier alpha value is -1.27. The molecule has 0 aliphatic carbocycles. The van der Waals surface area contributed by atoms with Crippen LogP contribution >= 0.6 is 15.9 Å². The van der Waals surface area contributed by atoms with E-state index >= 15 is 0 Å². The third kappa shape index (κ3) is 5.63. The Labute approximate surface area is 178 Å². The van der Waals surface area contributed by atoms with Crippen LogP contribution in [0.3, 0.4) is 0 Å². The SMILES string of the molecule is COc1ccc(Br)c(CC2CCN(CCC3CCCN(C(=O)N(C)C)C3)C2)c1. The molecule has 2 unspecified atom stereocenters. The Kier molecular flexibility index (Phi) is 7.63. The third-order valence-electron chi connectivity index (χ3n) is 6.16. The summed E-state index contributed by atoms with van der Waals surface area (Å²) in [7, 11) is 5.41. The molecule has 2 aliphatic heterocycles. The van der Waals surface area contributed by atoms with Gasteiger partial charge in [0.15, 0.2) is 0 Å². The highest BCUT2D eigenvalue weighted by Gasteiger charge is 2.27. The van der Waals surface area contributed by atoms with E-state index in [9.17, 15) is 4.79 Å². The maximum absolute atomic E-state index is 12.2. The summed E-state index contributed by atoms with van der Waals surface area (Å²) in [6.45, 7) is 5.36. The number of benzene rings is 1. The number of hydrogen-bond acceptors (Lipinski definition) is 3. The minimum Gasteiger partial charge on any atom is -0.497 e. The van der Waals surface area contributed by atoms with Gasteiger partial charge >= 0.3 is 6.03 Å². The van der Waals surface area contributed by atoms with Gasteiger partial charge in [-0.3, -0.25) is 0 Å². The first-order chi connectivity index (χ1) is 13.5. The average molecular weight is 452 g/mol. The number of hydrogen-bond donors (Lipinski definition) is 0. The number of likely N-dealkylation sites (tertiary alicyclic amines) is 2. The number of carbonyl (C=O) groups is 1. The summed E-state index contributed by atoms with van der Waals surface area (Å²) < 4.78 is 6.56. The van der Waals surface area contributed by atoms with E-state index in [2.05, 4.69) is 33.0 Å². The zero-order valence-corrected chi connectivity index (χ0v) is 19.1. The molecule has 1 aromatic carbocycles. The molecule has 0 spiro atoms. The number of methoxy groups -OCH3 is 1. The Balaban J connectivity index is 1.44. The molecule has 6 heteroatoms. The lowest BCUT2D eigenvalue weighted by Crippen LogP contribution is -2.45. The standard InChI is InChI=1S/C22H34BrN3O2/c1-24(2)22(27)26-10-4-5-17(16-26)8-11-25-12-9-18(15-25)13-19-14-20(28-3)6-7-21(19)23/h6-7,14,17-18H,4-5,8-13,15-16H2,1-3H3. The molecule has 28 heavy (non-hydrogen) atoms. The second kappa shape index (κ2) is 9.97. The van der Waals surface area contributed by atoms with E-state index in [1.165, 1.54) is 42.4 Å². The quantitative estimate of drug-likeness (QED) is 0.652. The molecule has 1 aromatic rings. The van der Waals surface area contributed by atoms with Crippen molar-refractivity contribution in [3.05, 3.63) is 28.2 Å². The fourth-order valence-corrected chi connectivity index (χ4v) is 4.96. The van der Waals surface area contributed by atoms with Gasteiger partial charge in [0.05, 0.1) is 7.11 Å². The number of carbonyl (C=O) groups excluding carboxylic acids is 1. The van der Waals surface area contributed by atoms with Crippen molar-refractivity contribution in [1.82, 2.24) is 14.7 Å². The summed E-state index contributed by atoms with van der Waals surface area (Å²) in [5.41, 5.74) is 1.34. The first kappa shape index (κ1) is 21.4. The Morgan fingerprint density at radius 3 is 2.79 bits per heavy atom. The Morgan fingerprint density at radius 2 is 2.04 bits per heavy atom. The van der Waals surface area contributed by atoms with Crippen LogP contribution in [0.2, 0.25) is 0 Å². The van der Waals surface area contributed by atoms with Gasteiger partial charge in [-0.05, 0) is 80.8 Å². The molecule has 0 saturated carbocycles. The van der Waals surface area contributed by atoms with Gasteiger partial charge in [-0.15, -0.1) is 0 Å². The first-order valence-corrected chi connectivity index (χ1v) is 11.3.